The van der Waals surface area contributed by atoms with Gasteiger partial charge in [0.2, 0.25) is 0 Å². The van der Waals surface area contributed by atoms with Crippen LogP contribution in [-0.4, -0.2) is 66.9 Å². The maximum absolute atomic E-state index is 12.4. The van der Waals surface area contributed by atoms with Gasteiger partial charge < -0.3 is 14.8 Å². The van der Waals surface area contributed by atoms with Crippen molar-refractivity contribution in [3.05, 3.63) is 29.6 Å². The summed E-state index contributed by atoms with van der Waals surface area (Å²) in [5.41, 5.74) is 0.631. The summed E-state index contributed by atoms with van der Waals surface area (Å²) in [5, 5.41) is 12.0. The van der Waals surface area contributed by atoms with Crippen molar-refractivity contribution in [1.29, 1.82) is 5.26 Å². The summed E-state index contributed by atoms with van der Waals surface area (Å²) in [4.78, 5) is 18.9. The molecule has 1 saturated carbocycles. The third-order valence-electron chi connectivity index (χ3n) is 5.00. The molecule has 25 heavy (non-hydrogen) atoms. The van der Waals surface area contributed by atoms with Gasteiger partial charge in [-0.05, 0) is 31.9 Å². The Morgan fingerprint density at radius 3 is 2.96 bits per heavy atom. The number of amides is 1. The third-order valence-corrected chi connectivity index (χ3v) is 5.00. The van der Waals surface area contributed by atoms with Gasteiger partial charge in [0.05, 0.1) is 31.0 Å². The van der Waals surface area contributed by atoms with Crippen LogP contribution in [0, 0.1) is 11.3 Å². The molecule has 0 spiro atoms. The fourth-order valence-corrected chi connectivity index (χ4v) is 3.65. The highest BCUT2D eigenvalue weighted by atomic mass is 16.5. The van der Waals surface area contributed by atoms with Gasteiger partial charge in [-0.2, -0.15) is 5.26 Å². The quantitative estimate of drug-likeness (QED) is 0.827. The van der Waals surface area contributed by atoms with E-state index < -0.39 is 0 Å². The second-order valence-electron chi connectivity index (χ2n) is 6.53. The number of nitriles is 1. The van der Waals surface area contributed by atoms with Crippen molar-refractivity contribution < 1.29 is 14.3 Å². The van der Waals surface area contributed by atoms with E-state index in [2.05, 4.69) is 15.2 Å². The second-order valence-corrected chi connectivity index (χ2v) is 6.53. The van der Waals surface area contributed by atoms with Crippen molar-refractivity contribution in [2.75, 3.05) is 39.5 Å². The van der Waals surface area contributed by atoms with Crippen LogP contribution in [-0.2, 0) is 9.47 Å². The largest absolute Gasteiger partial charge is 0.379 e. The molecule has 0 radical (unpaired) electrons. The molecule has 3 rings (SSSR count). The van der Waals surface area contributed by atoms with Gasteiger partial charge in [0.15, 0.2) is 0 Å². The lowest BCUT2D eigenvalue weighted by Gasteiger charge is -2.55. The number of ether oxygens (including phenoxy) is 2. The number of hydrogen-bond acceptors (Lipinski definition) is 6. The molecular formula is C18H24N4O3. The van der Waals surface area contributed by atoms with Crippen molar-refractivity contribution in [3.63, 3.8) is 0 Å². The molecule has 0 unspecified atom stereocenters. The zero-order valence-corrected chi connectivity index (χ0v) is 14.5. The van der Waals surface area contributed by atoms with Gasteiger partial charge in [-0.25, -0.2) is 0 Å². The zero-order chi connectivity index (χ0) is 17.7. The average molecular weight is 344 g/mol. The SMILES string of the molecule is CCOC1CC(CNC(=O)c2cc(C#N)ccn2)(N2CCOCC2)C1. The van der Waals surface area contributed by atoms with Crippen molar-refractivity contribution in [3.8, 4) is 6.07 Å². The molecule has 1 aromatic rings. The first-order valence-electron chi connectivity index (χ1n) is 8.75. The van der Waals surface area contributed by atoms with Crippen LogP contribution in [0.1, 0.15) is 35.8 Å². The highest BCUT2D eigenvalue weighted by Gasteiger charge is 2.49. The Hall–Kier alpha value is -2.01. The zero-order valence-electron chi connectivity index (χ0n) is 14.5. The first-order valence-corrected chi connectivity index (χ1v) is 8.75. The van der Waals surface area contributed by atoms with Crippen molar-refractivity contribution in [1.82, 2.24) is 15.2 Å². The minimum atomic E-state index is -0.246. The van der Waals surface area contributed by atoms with E-state index in [1.807, 2.05) is 13.0 Å². The summed E-state index contributed by atoms with van der Waals surface area (Å²) < 4.78 is 11.2. The van der Waals surface area contributed by atoms with E-state index in [-0.39, 0.29) is 23.2 Å². The number of hydrogen-bond donors (Lipinski definition) is 1. The second kappa shape index (κ2) is 7.91. The van der Waals surface area contributed by atoms with Gasteiger partial charge in [0.25, 0.3) is 5.91 Å². The van der Waals surface area contributed by atoms with Crippen LogP contribution in [0.25, 0.3) is 0 Å². The summed E-state index contributed by atoms with van der Waals surface area (Å²) in [6, 6.07) is 5.13. The number of nitrogens with zero attached hydrogens (tertiary/aromatic N) is 3. The standard InChI is InChI=1S/C18H24N4O3/c1-2-25-15-10-18(11-15,22-5-7-24-8-6-22)13-21-17(23)16-9-14(12-19)3-4-20-16/h3-4,9,15H,2,5-8,10-11,13H2,1H3,(H,21,23). The number of rotatable bonds is 6. The predicted molar refractivity (Wildman–Crippen MR) is 91.1 cm³/mol. The van der Waals surface area contributed by atoms with Crippen LogP contribution in [0.4, 0.5) is 0 Å². The van der Waals surface area contributed by atoms with Gasteiger partial charge in [0.1, 0.15) is 5.69 Å². The number of nitrogens with one attached hydrogen (secondary N) is 1. The van der Waals surface area contributed by atoms with Gasteiger partial charge in [-0.3, -0.25) is 14.7 Å². The molecule has 0 aromatic carbocycles. The summed E-state index contributed by atoms with van der Waals surface area (Å²) in [7, 11) is 0. The van der Waals surface area contributed by atoms with Crippen LogP contribution in [0.5, 0.6) is 0 Å². The van der Waals surface area contributed by atoms with Crippen LogP contribution < -0.4 is 5.32 Å². The molecule has 2 aliphatic rings. The summed E-state index contributed by atoms with van der Waals surface area (Å²) >= 11 is 0. The van der Waals surface area contributed by atoms with E-state index in [0.717, 1.165) is 39.1 Å². The maximum atomic E-state index is 12.4. The van der Waals surface area contributed by atoms with E-state index in [4.69, 9.17) is 14.7 Å². The van der Waals surface area contributed by atoms with Gasteiger partial charge in [0, 0.05) is 38.0 Å². The molecule has 2 fully saturated rings. The van der Waals surface area contributed by atoms with Crippen molar-refractivity contribution >= 4 is 5.91 Å². The van der Waals surface area contributed by atoms with Crippen molar-refractivity contribution in [2.24, 2.45) is 0 Å². The number of morpholine rings is 1. The predicted octanol–water partition coefficient (Wildman–Crippen LogP) is 0.953. The average Bonchev–Trinajstić information content (AvgIpc) is 2.64. The topological polar surface area (TPSA) is 87.5 Å². The Balaban J connectivity index is 1.64. The Kier molecular flexibility index (Phi) is 5.63. The van der Waals surface area contributed by atoms with E-state index in [1.165, 1.54) is 12.3 Å². The molecule has 1 amide bonds. The van der Waals surface area contributed by atoms with E-state index in [9.17, 15) is 4.79 Å². The molecule has 1 aliphatic heterocycles. The van der Waals surface area contributed by atoms with E-state index in [1.54, 1.807) is 6.07 Å². The monoisotopic (exact) mass is 344 g/mol. The summed E-state index contributed by atoms with van der Waals surface area (Å²) in [6.07, 6.45) is 3.56. The van der Waals surface area contributed by atoms with Crippen molar-refractivity contribution in [2.45, 2.75) is 31.4 Å². The lowest BCUT2D eigenvalue weighted by atomic mass is 9.72. The summed E-state index contributed by atoms with van der Waals surface area (Å²) in [5.74, 6) is -0.246. The Morgan fingerprint density at radius 1 is 1.52 bits per heavy atom. The molecule has 1 N–H and O–H groups in total. The fraction of sp³-hybridized carbons (Fsp3) is 0.611. The number of carbonyl (C=O) groups is 1. The molecular weight excluding hydrogens is 320 g/mol. The number of carbonyl (C=O) groups excluding carboxylic acids is 1. The smallest absolute Gasteiger partial charge is 0.269 e. The number of pyridine rings is 1. The molecule has 1 aromatic heterocycles. The molecule has 134 valence electrons. The molecule has 0 bridgehead atoms. The third kappa shape index (κ3) is 3.98. The summed E-state index contributed by atoms with van der Waals surface area (Å²) in [6.45, 7) is 6.45. The Labute approximate surface area is 147 Å². The molecule has 0 atom stereocenters. The first-order chi connectivity index (χ1) is 12.2. The van der Waals surface area contributed by atoms with Crippen LogP contribution in [0.3, 0.4) is 0 Å². The van der Waals surface area contributed by atoms with Gasteiger partial charge in [-0.15, -0.1) is 0 Å². The van der Waals surface area contributed by atoms with Crippen LogP contribution >= 0.6 is 0 Å². The maximum Gasteiger partial charge on any atom is 0.269 e. The lowest BCUT2D eigenvalue weighted by Crippen LogP contribution is -2.67. The molecule has 7 heteroatoms. The Bertz CT molecular complexity index is 646. The fourth-order valence-electron chi connectivity index (χ4n) is 3.65. The highest BCUT2D eigenvalue weighted by molar-refractivity contribution is 5.92. The van der Waals surface area contributed by atoms with Crippen LogP contribution in [0.2, 0.25) is 0 Å². The van der Waals surface area contributed by atoms with Crippen LogP contribution in [0.15, 0.2) is 18.3 Å². The Morgan fingerprint density at radius 2 is 2.28 bits per heavy atom. The van der Waals surface area contributed by atoms with E-state index in [0.29, 0.717) is 18.7 Å². The minimum Gasteiger partial charge on any atom is -0.379 e. The van der Waals surface area contributed by atoms with Gasteiger partial charge >= 0.3 is 0 Å². The molecule has 7 nitrogen and oxygen atoms in total. The first kappa shape index (κ1) is 17.8. The lowest BCUT2D eigenvalue weighted by molar-refractivity contribution is -0.124. The minimum absolute atomic E-state index is 0.0773. The van der Waals surface area contributed by atoms with E-state index >= 15 is 0 Å². The molecule has 1 aliphatic carbocycles. The molecule has 2 heterocycles. The van der Waals surface area contributed by atoms with Gasteiger partial charge in [-0.1, -0.05) is 0 Å². The highest BCUT2D eigenvalue weighted by Crippen LogP contribution is 2.39. The number of aromatic nitrogens is 1. The normalized spacial score (nSPS) is 26.5. The molecule has 1 saturated heterocycles.